The van der Waals surface area contributed by atoms with Crippen molar-refractivity contribution in [3.05, 3.63) is 93.0 Å². The van der Waals surface area contributed by atoms with Crippen molar-refractivity contribution in [3.8, 4) is 0 Å². The number of hydrogen-bond acceptors (Lipinski definition) is 5. The summed E-state index contributed by atoms with van der Waals surface area (Å²) in [6.45, 7) is 1.88. The Morgan fingerprint density at radius 3 is 2.74 bits per heavy atom. The van der Waals surface area contributed by atoms with Crippen LogP contribution in [0.2, 0.25) is 0 Å². The zero-order valence-corrected chi connectivity index (χ0v) is 16.7. The predicted octanol–water partition coefficient (Wildman–Crippen LogP) is 4.17. The third kappa shape index (κ3) is 2.67. The topological polar surface area (TPSA) is 87.5 Å². The molecule has 1 saturated heterocycles. The summed E-state index contributed by atoms with van der Waals surface area (Å²) in [5.74, 6) is -0.311. The smallest absolute Gasteiger partial charge is 0.269 e. The molecule has 2 atom stereocenters. The van der Waals surface area contributed by atoms with Gasteiger partial charge in [0.1, 0.15) is 0 Å². The Bertz CT molecular complexity index is 1240. The molecule has 3 aliphatic heterocycles. The van der Waals surface area contributed by atoms with Crippen LogP contribution in [-0.2, 0) is 17.8 Å². The SMILES string of the molecule is O=C1C2c3cc([N+](=O)[O-])ccc3N1C2c1ccc(Nc2cccc3c2CCNC3)cc1. The number of carbonyl (C=O) groups is 1. The summed E-state index contributed by atoms with van der Waals surface area (Å²) in [7, 11) is 0. The Kier molecular flexibility index (Phi) is 3.88. The molecule has 31 heavy (non-hydrogen) atoms. The molecule has 7 nitrogen and oxygen atoms in total. The van der Waals surface area contributed by atoms with Crippen LogP contribution < -0.4 is 15.5 Å². The van der Waals surface area contributed by atoms with Crippen LogP contribution in [0.4, 0.5) is 22.7 Å². The highest BCUT2D eigenvalue weighted by Gasteiger charge is 2.57. The number of rotatable bonds is 4. The zero-order valence-electron chi connectivity index (χ0n) is 16.7. The Morgan fingerprint density at radius 1 is 1.10 bits per heavy atom. The van der Waals surface area contributed by atoms with Gasteiger partial charge < -0.3 is 15.5 Å². The average Bonchev–Trinajstić information content (AvgIpc) is 3.29. The fourth-order valence-electron chi connectivity index (χ4n) is 5.09. The van der Waals surface area contributed by atoms with E-state index in [0.29, 0.717) is 0 Å². The van der Waals surface area contributed by atoms with Gasteiger partial charge in [-0.2, -0.15) is 0 Å². The van der Waals surface area contributed by atoms with Crippen molar-refractivity contribution in [2.24, 2.45) is 0 Å². The van der Waals surface area contributed by atoms with Crippen molar-refractivity contribution in [2.75, 3.05) is 16.8 Å². The molecule has 3 aromatic rings. The van der Waals surface area contributed by atoms with Crippen LogP contribution in [0.15, 0.2) is 60.7 Å². The van der Waals surface area contributed by atoms with Gasteiger partial charge in [0.2, 0.25) is 5.91 Å². The number of nitro benzene ring substituents is 1. The number of carbonyl (C=O) groups excluding carboxylic acids is 1. The number of nitro groups is 1. The first-order chi connectivity index (χ1) is 15.1. The minimum Gasteiger partial charge on any atom is -0.355 e. The second kappa shape index (κ2) is 6.65. The van der Waals surface area contributed by atoms with Gasteiger partial charge in [-0.3, -0.25) is 14.9 Å². The van der Waals surface area contributed by atoms with E-state index < -0.39 is 4.92 Å². The lowest BCUT2D eigenvalue weighted by molar-refractivity contribution is -0.384. The molecule has 0 saturated carbocycles. The van der Waals surface area contributed by atoms with E-state index in [-0.39, 0.29) is 23.6 Å². The molecule has 0 spiro atoms. The van der Waals surface area contributed by atoms with E-state index in [0.717, 1.165) is 47.7 Å². The lowest BCUT2D eigenvalue weighted by Gasteiger charge is -2.38. The first-order valence-electron chi connectivity index (χ1n) is 10.4. The minimum absolute atomic E-state index is 0.0206. The van der Waals surface area contributed by atoms with Gasteiger partial charge in [0, 0.05) is 35.7 Å². The van der Waals surface area contributed by atoms with Crippen LogP contribution in [0.25, 0.3) is 0 Å². The molecule has 0 radical (unpaired) electrons. The van der Waals surface area contributed by atoms with E-state index in [1.165, 1.54) is 17.2 Å². The fourth-order valence-corrected chi connectivity index (χ4v) is 5.09. The van der Waals surface area contributed by atoms with E-state index in [9.17, 15) is 14.9 Å². The van der Waals surface area contributed by atoms with Crippen LogP contribution in [0.3, 0.4) is 0 Å². The second-order valence-corrected chi connectivity index (χ2v) is 8.25. The summed E-state index contributed by atoms with van der Waals surface area (Å²) in [6, 6.07) is 19.1. The molecule has 2 bridgehead atoms. The van der Waals surface area contributed by atoms with E-state index >= 15 is 0 Å². The van der Waals surface area contributed by atoms with Gasteiger partial charge in [0.25, 0.3) is 5.69 Å². The Labute approximate surface area is 178 Å². The van der Waals surface area contributed by atoms with Gasteiger partial charge in [0.05, 0.1) is 16.9 Å². The highest BCUT2D eigenvalue weighted by atomic mass is 16.6. The minimum atomic E-state index is -0.413. The Balaban J connectivity index is 1.26. The van der Waals surface area contributed by atoms with Crippen molar-refractivity contribution in [1.82, 2.24) is 5.32 Å². The third-order valence-corrected chi connectivity index (χ3v) is 6.59. The van der Waals surface area contributed by atoms with Gasteiger partial charge in [-0.05, 0) is 59.5 Å². The summed E-state index contributed by atoms with van der Waals surface area (Å²) < 4.78 is 0. The van der Waals surface area contributed by atoms with Crippen LogP contribution in [-0.4, -0.2) is 17.4 Å². The predicted molar refractivity (Wildman–Crippen MR) is 118 cm³/mol. The summed E-state index contributed by atoms with van der Waals surface area (Å²) >= 11 is 0. The molecule has 1 amide bonds. The number of nitrogens with zero attached hydrogens (tertiary/aromatic N) is 2. The van der Waals surface area contributed by atoms with Crippen molar-refractivity contribution < 1.29 is 9.72 Å². The molecule has 0 aromatic heterocycles. The Hall–Kier alpha value is -3.71. The van der Waals surface area contributed by atoms with Crippen molar-refractivity contribution in [3.63, 3.8) is 0 Å². The zero-order chi connectivity index (χ0) is 21.1. The molecular formula is C24H20N4O3. The lowest BCUT2D eigenvalue weighted by atomic mass is 9.84. The van der Waals surface area contributed by atoms with Gasteiger partial charge >= 0.3 is 0 Å². The van der Waals surface area contributed by atoms with E-state index in [2.05, 4.69) is 28.8 Å². The molecular weight excluding hydrogens is 392 g/mol. The van der Waals surface area contributed by atoms with Crippen molar-refractivity contribution in [1.29, 1.82) is 0 Å². The number of non-ortho nitro benzene ring substituents is 1. The van der Waals surface area contributed by atoms with Crippen LogP contribution in [0.5, 0.6) is 0 Å². The maximum atomic E-state index is 12.5. The number of fused-ring (bicyclic) bond motifs is 6. The van der Waals surface area contributed by atoms with Gasteiger partial charge in [-0.1, -0.05) is 24.3 Å². The molecule has 0 aliphatic carbocycles. The quantitative estimate of drug-likeness (QED) is 0.382. The number of nitrogens with one attached hydrogen (secondary N) is 2. The molecule has 1 fully saturated rings. The maximum absolute atomic E-state index is 12.5. The molecule has 3 heterocycles. The second-order valence-electron chi connectivity index (χ2n) is 8.25. The highest BCUT2D eigenvalue weighted by Crippen LogP contribution is 2.59. The summed E-state index contributed by atoms with van der Waals surface area (Å²) in [6.07, 6.45) is 1.00. The largest absolute Gasteiger partial charge is 0.355 e. The number of anilines is 3. The van der Waals surface area contributed by atoms with E-state index in [1.807, 2.05) is 24.3 Å². The molecule has 2 unspecified atom stereocenters. The van der Waals surface area contributed by atoms with Gasteiger partial charge in [0.15, 0.2) is 0 Å². The first kappa shape index (κ1) is 18.1. The fraction of sp³-hybridized carbons (Fsp3) is 0.208. The normalized spacial score (nSPS) is 20.6. The first-order valence-corrected chi connectivity index (χ1v) is 10.4. The van der Waals surface area contributed by atoms with E-state index in [4.69, 9.17) is 0 Å². The third-order valence-electron chi connectivity index (χ3n) is 6.59. The number of β-lactam (4-membered cyclic amide) rings is 1. The van der Waals surface area contributed by atoms with Crippen LogP contribution in [0, 0.1) is 10.1 Å². The highest BCUT2D eigenvalue weighted by molar-refractivity contribution is 6.13. The lowest BCUT2D eigenvalue weighted by Crippen LogP contribution is -2.47. The van der Waals surface area contributed by atoms with Crippen LogP contribution in [0.1, 0.15) is 34.2 Å². The summed E-state index contributed by atoms with van der Waals surface area (Å²) in [5.41, 5.74) is 7.43. The maximum Gasteiger partial charge on any atom is 0.269 e. The van der Waals surface area contributed by atoms with Crippen LogP contribution >= 0.6 is 0 Å². The molecule has 3 aromatic carbocycles. The van der Waals surface area contributed by atoms with Gasteiger partial charge in [-0.25, -0.2) is 0 Å². The number of benzene rings is 3. The standard InChI is InChI=1S/C24H20N4O3/c29-24-22-19-12-17(28(30)31)8-9-21(19)27(24)23(22)14-4-6-16(7-5-14)26-20-3-1-2-15-13-25-11-10-18(15)20/h1-9,12,22-23,25-26H,10-11,13H2. The molecule has 154 valence electrons. The van der Waals surface area contributed by atoms with Gasteiger partial charge in [-0.15, -0.1) is 0 Å². The van der Waals surface area contributed by atoms with E-state index in [1.54, 1.807) is 17.0 Å². The molecule has 6 rings (SSSR count). The number of amides is 1. The van der Waals surface area contributed by atoms with Crippen molar-refractivity contribution in [2.45, 2.75) is 24.9 Å². The average molecular weight is 412 g/mol. The summed E-state index contributed by atoms with van der Waals surface area (Å²) in [4.78, 5) is 25.0. The molecule has 3 aliphatic rings. The Morgan fingerprint density at radius 2 is 1.94 bits per heavy atom. The van der Waals surface area contributed by atoms with Crippen molar-refractivity contribution >= 4 is 28.7 Å². The molecule has 7 heteroatoms. The monoisotopic (exact) mass is 412 g/mol. The number of hydrogen-bond donors (Lipinski definition) is 2. The molecule has 2 N–H and O–H groups in total. The summed E-state index contributed by atoms with van der Waals surface area (Å²) in [5, 5.41) is 18.1.